The lowest BCUT2D eigenvalue weighted by molar-refractivity contribution is -0.136. The van der Waals surface area contributed by atoms with Crippen LogP contribution in [0.15, 0.2) is 48.0 Å². The monoisotopic (exact) mass is 415 g/mol. The van der Waals surface area contributed by atoms with E-state index >= 15 is 0 Å². The highest BCUT2D eigenvalue weighted by molar-refractivity contribution is 6.03. The molecule has 1 aromatic rings. The van der Waals surface area contributed by atoms with Gasteiger partial charge in [0.05, 0.1) is 19.3 Å². The predicted octanol–water partition coefficient (Wildman–Crippen LogP) is 0.572. The molecule has 1 aromatic carbocycles. The minimum Gasteiger partial charge on any atom is -0.389 e. The Balaban J connectivity index is 1.85. The van der Waals surface area contributed by atoms with Gasteiger partial charge in [0.2, 0.25) is 0 Å². The summed E-state index contributed by atoms with van der Waals surface area (Å²) < 4.78 is 5.36. The second-order valence-electron chi connectivity index (χ2n) is 7.55. The first-order valence-corrected chi connectivity index (χ1v) is 9.85. The Hall–Kier alpha value is -2.91. The molecule has 3 rings (SSSR count). The number of hydrogen-bond donors (Lipinski definition) is 1. The highest BCUT2D eigenvalue weighted by atomic mass is 16.5. The van der Waals surface area contributed by atoms with Crippen LogP contribution < -0.4 is 0 Å². The Morgan fingerprint density at radius 2 is 2.00 bits per heavy atom. The second kappa shape index (κ2) is 9.27. The van der Waals surface area contributed by atoms with Crippen LogP contribution in [0.25, 0.3) is 0 Å². The number of rotatable bonds is 8. The molecule has 2 aliphatic heterocycles. The van der Waals surface area contributed by atoms with Crippen LogP contribution in [-0.4, -0.2) is 102 Å². The molecule has 9 heteroatoms. The molecule has 0 bridgehead atoms. The standard InChI is InChI=1S/C21H29N5O4/c1-5-11-30-14-16(27)13-26-17-18(24(3)21(29)25(4)19(17)28)22-20(26)23(2)12-15-9-7-6-8-10-15/h5-10,16-18,27H,1,11-14H2,2-4H3. The van der Waals surface area contributed by atoms with Crippen LogP contribution in [0.1, 0.15) is 5.56 Å². The fourth-order valence-corrected chi connectivity index (χ4v) is 3.76. The minimum atomic E-state index is -0.833. The van der Waals surface area contributed by atoms with Gasteiger partial charge in [0, 0.05) is 34.2 Å². The number of fused-ring (bicyclic) bond motifs is 1. The van der Waals surface area contributed by atoms with Crippen LogP contribution in [0.3, 0.4) is 0 Å². The number of aliphatic hydroxyl groups is 1. The van der Waals surface area contributed by atoms with Crippen molar-refractivity contribution >= 4 is 17.9 Å². The first-order chi connectivity index (χ1) is 14.3. The van der Waals surface area contributed by atoms with Crippen molar-refractivity contribution in [2.45, 2.75) is 24.9 Å². The van der Waals surface area contributed by atoms with E-state index in [9.17, 15) is 14.7 Å². The average molecular weight is 415 g/mol. The van der Waals surface area contributed by atoms with Crippen molar-refractivity contribution in [1.82, 2.24) is 19.6 Å². The van der Waals surface area contributed by atoms with Gasteiger partial charge in [-0.25, -0.2) is 9.79 Å². The van der Waals surface area contributed by atoms with E-state index in [2.05, 4.69) is 6.58 Å². The number of likely N-dealkylation sites (N-methyl/N-ethyl adjacent to an activating group) is 2. The number of benzene rings is 1. The highest BCUT2D eigenvalue weighted by Crippen LogP contribution is 2.28. The summed E-state index contributed by atoms with van der Waals surface area (Å²) in [6.45, 7) is 4.75. The maximum atomic E-state index is 13.0. The van der Waals surface area contributed by atoms with Crippen molar-refractivity contribution in [3.8, 4) is 0 Å². The molecule has 30 heavy (non-hydrogen) atoms. The lowest BCUT2D eigenvalue weighted by Crippen LogP contribution is -2.65. The molecule has 9 nitrogen and oxygen atoms in total. The molecule has 1 fully saturated rings. The summed E-state index contributed by atoms with van der Waals surface area (Å²) in [6.07, 6.45) is 0.134. The van der Waals surface area contributed by atoms with Gasteiger partial charge >= 0.3 is 6.03 Å². The van der Waals surface area contributed by atoms with E-state index in [1.165, 1.54) is 11.9 Å². The number of hydrogen-bond acceptors (Lipinski definition) is 7. The third-order valence-electron chi connectivity index (χ3n) is 5.25. The van der Waals surface area contributed by atoms with E-state index in [1.807, 2.05) is 42.3 Å². The van der Waals surface area contributed by atoms with Gasteiger partial charge in [-0.2, -0.15) is 0 Å². The fraction of sp³-hybridized carbons (Fsp3) is 0.476. The second-order valence-corrected chi connectivity index (χ2v) is 7.55. The van der Waals surface area contributed by atoms with E-state index in [0.29, 0.717) is 19.1 Å². The lowest BCUT2D eigenvalue weighted by atomic mass is 10.1. The van der Waals surface area contributed by atoms with Crippen molar-refractivity contribution in [1.29, 1.82) is 0 Å². The summed E-state index contributed by atoms with van der Waals surface area (Å²) in [5.41, 5.74) is 1.08. The van der Waals surface area contributed by atoms with Gasteiger partial charge in [-0.1, -0.05) is 36.4 Å². The Bertz CT molecular complexity index is 815. The van der Waals surface area contributed by atoms with Crippen molar-refractivity contribution in [2.24, 2.45) is 4.99 Å². The van der Waals surface area contributed by atoms with Gasteiger partial charge in [-0.3, -0.25) is 9.69 Å². The number of carbonyl (C=O) groups is 2. The number of β-amino-alcohol motifs (C(OH)–C–C–N with tert-alkyl or cyclic N) is 1. The molecule has 0 aromatic heterocycles. The first kappa shape index (κ1) is 21.8. The van der Waals surface area contributed by atoms with Crippen molar-refractivity contribution in [3.63, 3.8) is 0 Å². The third kappa shape index (κ3) is 4.31. The van der Waals surface area contributed by atoms with Gasteiger partial charge in [-0.15, -0.1) is 6.58 Å². The van der Waals surface area contributed by atoms with Gasteiger partial charge in [-0.05, 0) is 5.56 Å². The number of carbonyl (C=O) groups excluding carboxylic acids is 2. The van der Waals surface area contributed by atoms with Crippen molar-refractivity contribution in [2.75, 3.05) is 40.9 Å². The van der Waals surface area contributed by atoms with Gasteiger partial charge in [0.15, 0.2) is 18.2 Å². The summed E-state index contributed by atoms with van der Waals surface area (Å²) in [5.74, 6) is 0.217. The Kier molecular flexibility index (Phi) is 6.73. The SMILES string of the molecule is C=CCOCC(O)CN1C(N(C)Cc2ccccc2)=NC2C1C(=O)N(C)C(=O)N2C. The maximum Gasteiger partial charge on any atom is 0.328 e. The topological polar surface area (TPSA) is 88.9 Å². The van der Waals surface area contributed by atoms with Gasteiger partial charge in [0.1, 0.15) is 0 Å². The Morgan fingerprint density at radius 1 is 1.30 bits per heavy atom. The van der Waals surface area contributed by atoms with Crippen LogP contribution in [-0.2, 0) is 16.1 Å². The summed E-state index contributed by atoms with van der Waals surface area (Å²) in [4.78, 5) is 36.3. The zero-order valence-electron chi connectivity index (χ0n) is 17.6. The number of guanidine groups is 1. The molecule has 3 atom stereocenters. The van der Waals surface area contributed by atoms with Crippen LogP contribution >= 0.6 is 0 Å². The predicted molar refractivity (Wildman–Crippen MR) is 113 cm³/mol. The zero-order chi connectivity index (χ0) is 21.8. The summed E-state index contributed by atoms with van der Waals surface area (Å²) in [7, 11) is 4.98. The Morgan fingerprint density at radius 3 is 2.67 bits per heavy atom. The molecule has 162 valence electrons. The molecule has 0 spiro atoms. The van der Waals surface area contributed by atoms with Gasteiger partial charge in [0.25, 0.3) is 5.91 Å². The Labute approximate surface area is 176 Å². The molecule has 2 heterocycles. The fourth-order valence-electron chi connectivity index (χ4n) is 3.76. The number of ether oxygens (including phenoxy) is 1. The van der Waals surface area contributed by atoms with Crippen LogP contribution in [0.5, 0.6) is 0 Å². The number of aliphatic imine (C=N–C) groups is 1. The van der Waals surface area contributed by atoms with E-state index < -0.39 is 24.3 Å². The molecule has 0 saturated carbocycles. The van der Waals surface area contributed by atoms with Gasteiger partial charge < -0.3 is 24.5 Å². The molecule has 1 N–H and O–H groups in total. The minimum absolute atomic E-state index is 0.106. The molecule has 1 saturated heterocycles. The summed E-state index contributed by atoms with van der Waals surface area (Å²) >= 11 is 0. The number of imide groups is 1. The molecule has 0 radical (unpaired) electrons. The first-order valence-electron chi connectivity index (χ1n) is 9.85. The smallest absolute Gasteiger partial charge is 0.328 e. The average Bonchev–Trinajstić information content (AvgIpc) is 3.11. The van der Waals surface area contributed by atoms with Crippen LogP contribution in [0.4, 0.5) is 4.79 Å². The third-order valence-corrected chi connectivity index (χ3v) is 5.25. The maximum absolute atomic E-state index is 13.0. The van der Waals surface area contributed by atoms with Crippen molar-refractivity contribution in [3.05, 3.63) is 48.6 Å². The highest BCUT2D eigenvalue weighted by Gasteiger charge is 2.52. The summed E-state index contributed by atoms with van der Waals surface area (Å²) in [6, 6.07) is 8.80. The van der Waals surface area contributed by atoms with E-state index in [4.69, 9.17) is 9.73 Å². The molecular weight excluding hydrogens is 386 g/mol. The van der Waals surface area contributed by atoms with E-state index in [1.54, 1.807) is 18.0 Å². The molecule has 3 unspecified atom stereocenters. The molecule has 0 aliphatic carbocycles. The molecule has 3 amide bonds. The number of urea groups is 1. The lowest BCUT2D eigenvalue weighted by Gasteiger charge is -2.41. The van der Waals surface area contributed by atoms with E-state index in [0.717, 1.165) is 10.5 Å². The zero-order valence-corrected chi connectivity index (χ0v) is 17.6. The number of nitrogens with zero attached hydrogens (tertiary/aromatic N) is 5. The molecular formula is C21H29N5O4. The van der Waals surface area contributed by atoms with Crippen molar-refractivity contribution < 1.29 is 19.4 Å². The number of aliphatic hydroxyl groups excluding tert-OH is 1. The largest absolute Gasteiger partial charge is 0.389 e. The quantitative estimate of drug-likeness (QED) is 0.493. The summed E-state index contributed by atoms with van der Waals surface area (Å²) in [5, 5.41) is 10.5. The van der Waals surface area contributed by atoms with Crippen LogP contribution in [0, 0.1) is 0 Å². The number of amides is 3. The molecule has 2 aliphatic rings. The normalized spacial score (nSPS) is 22.1. The van der Waals surface area contributed by atoms with Crippen LogP contribution in [0.2, 0.25) is 0 Å². The van der Waals surface area contributed by atoms with E-state index in [-0.39, 0.29) is 19.1 Å².